The smallest absolute Gasteiger partial charge is 0.234 e. The maximum absolute atomic E-state index is 12.1. The first-order chi connectivity index (χ1) is 8.23. The van der Waals surface area contributed by atoms with Crippen molar-refractivity contribution < 1.29 is 14.7 Å². The molecule has 0 heterocycles. The van der Waals surface area contributed by atoms with Crippen molar-refractivity contribution in [3.63, 3.8) is 0 Å². The molecule has 3 nitrogen and oxygen atoms in total. The van der Waals surface area contributed by atoms with E-state index in [0.717, 1.165) is 16.7 Å². The summed E-state index contributed by atoms with van der Waals surface area (Å²) in [6.45, 7) is 6.73. The van der Waals surface area contributed by atoms with Crippen LogP contribution in [0.4, 0.5) is 0 Å². The van der Waals surface area contributed by atoms with Gasteiger partial charge in [0.2, 0.25) is 11.6 Å². The summed E-state index contributed by atoms with van der Waals surface area (Å²) in [5, 5.41) is 9.98. The molecule has 18 heavy (non-hydrogen) atoms. The summed E-state index contributed by atoms with van der Waals surface area (Å²) < 4.78 is 0. The SMILES string of the molecule is Cc1ccc(C)c2c1C=C(C(C)(C)O)C(=O)C2=O. The van der Waals surface area contributed by atoms with Crippen LogP contribution in [0, 0.1) is 13.8 Å². The van der Waals surface area contributed by atoms with E-state index in [1.807, 2.05) is 26.0 Å². The highest BCUT2D eigenvalue weighted by Crippen LogP contribution is 2.31. The average Bonchev–Trinajstić information content (AvgIpc) is 2.26. The minimum Gasteiger partial charge on any atom is -0.386 e. The predicted octanol–water partition coefficient (Wildman–Crippen LogP) is 2.22. The fourth-order valence-corrected chi connectivity index (χ4v) is 2.22. The van der Waals surface area contributed by atoms with Gasteiger partial charge in [-0.25, -0.2) is 0 Å². The lowest BCUT2D eigenvalue weighted by Crippen LogP contribution is -2.34. The fourth-order valence-electron chi connectivity index (χ4n) is 2.22. The first kappa shape index (κ1) is 12.7. The van der Waals surface area contributed by atoms with Crippen LogP contribution < -0.4 is 0 Å². The standard InChI is InChI=1S/C15H16O3/c1-8-5-6-9(2)12-10(8)7-11(15(3,4)18)13(16)14(12)17/h5-7,18H,1-4H3. The van der Waals surface area contributed by atoms with Crippen LogP contribution in [0.1, 0.15) is 40.9 Å². The van der Waals surface area contributed by atoms with Gasteiger partial charge in [0.15, 0.2) is 0 Å². The van der Waals surface area contributed by atoms with Gasteiger partial charge >= 0.3 is 0 Å². The number of carbonyl (C=O) groups is 2. The zero-order valence-corrected chi connectivity index (χ0v) is 11.0. The van der Waals surface area contributed by atoms with Crippen molar-refractivity contribution in [1.29, 1.82) is 0 Å². The summed E-state index contributed by atoms with van der Waals surface area (Å²) in [5.74, 6) is -1.13. The molecule has 0 spiro atoms. The van der Waals surface area contributed by atoms with Gasteiger partial charge in [-0.05, 0) is 50.5 Å². The maximum Gasteiger partial charge on any atom is 0.234 e. The highest BCUT2D eigenvalue weighted by Gasteiger charge is 2.36. The minimum absolute atomic E-state index is 0.161. The lowest BCUT2D eigenvalue weighted by molar-refractivity contribution is -0.113. The third kappa shape index (κ3) is 1.81. The van der Waals surface area contributed by atoms with Gasteiger partial charge in [-0.1, -0.05) is 12.1 Å². The van der Waals surface area contributed by atoms with Gasteiger partial charge in [-0.2, -0.15) is 0 Å². The summed E-state index contributed by atoms with van der Waals surface area (Å²) in [7, 11) is 0. The van der Waals surface area contributed by atoms with Crippen molar-refractivity contribution >= 4 is 17.6 Å². The Hall–Kier alpha value is -1.74. The van der Waals surface area contributed by atoms with E-state index in [-0.39, 0.29) is 5.57 Å². The molecule has 1 aliphatic carbocycles. The van der Waals surface area contributed by atoms with E-state index in [4.69, 9.17) is 0 Å². The van der Waals surface area contributed by atoms with E-state index in [9.17, 15) is 14.7 Å². The molecule has 0 aromatic heterocycles. The van der Waals surface area contributed by atoms with Crippen LogP contribution >= 0.6 is 0 Å². The van der Waals surface area contributed by atoms with Gasteiger partial charge in [0.05, 0.1) is 5.60 Å². The van der Waals surface area contributed by atoms with Crippen LogP contribution in [0.2, 0.25) is 0 Å². The van der Waals surface area contributed by atoms with Crippen molar-refractivity contribution in [2.75, 3.05) is 0 Å². The van der Waals surface area contributed by atoms with Gasteiger partial charge in [-0.3, -0.25) is 9.59 Å². The first-order valence-electron chi connectivity index (χ1n) is 5.87. The third-order valence-corrected chi connectivity index (χ3v) is 3.30. The molecule has 2 rings (SSSR count). The lowest BCUT2D eigenvalue weighted by Gasteiger charge is -2.25. The van der Waals surface area contributed by atoms with Gasteiger partial charge in [0.1, 0.15) is 0 Å². The number of ketones is 2. The topological polar surface area (TPSA) is 54.4 Å². The molecule has 0 saturated heterocycles. The van der Waals surface area contributed by atoms with Crippen LogP contribution in [0.3, 0.4) is 0 Å². The molecule has 0 radical (unpaired) electrons. The maximum atomic E-state index is 12.1. The summed E-state index contributed by atoms with van der Waals surface area (Å²) in [6, 6.07) is 3.75. The van der Waals surface area contributed by atoms with Crippen LogP contribution in [0.25, 0.3) is 6.08 Å². The van der Waals surface area contributed by atoms with Crippen LogP contribution in [-0.2, 0) is 4.79 Å². The van der Waals surface area contributed by atoms with Crippen LogP contribution in [-0.4, -0.2) is 22.3 Å². The third-order valence-electron chi connectivity index (χ3n) is 3.30. The van der Waals surface area contributed by atoms with Crippen LogP contribution in [0.5, 0.6) is 0 Å². The monoisotopic (exact) mass is 244 g/mol. The van der Waals surface area contributed by atoms with Gasteiger partial charge in [-0.15, -0.1) is 0 Å². The molecule has 3 heteroatoms. The Morgan fingerprint density at radius 3 is 2.11 bits per heavy atom. The average molecular weight is 244 g/mol. The van der Waals surface area contributed by atoms with E-state index in [1.54, 1.807) is 6.08 Å². The number of fused-ring (bicyclic) bond motifs is 1. The zero-order valence-electron chi connectivity index (χ0n) is 11.0. The second kappa shape index (κ2) is 3.89. The van der Waals surface area contributed by atoms with Gasteiger partial charge < -0.3 is 5.11 Å². The van der Waals surface area contributed by atoms with Crippen molar-refractivity contribution in [3.05, 3.63) is 40.0 Å². The molecule has 0 saturated carbocycles. The van der Waals surface area contributed by atoms with Crippen molar-refractivity contribution in [2.45, 2.75) is 33.3 Å². The lowest BCUT2D eigenvalue weighted by atomic mass is 9.80. The number of benzene rings is 1. The van der Waals surface area contributed by atoms with Crippen molar-refractivity contribution in [1.82, 2.24) is 0 Å². The molecule has 0 bridgehead atoms. The highest BCUT2D eigenvalue weighted by molar-refractivity contribution is 6.52. The van der Waals surface area contributed by atoms with E-state index in [0.29, 0.717) is 5.56 Å². The van der Waals surface area contributed by atoms with E-state index in [2.05, 4.69) is 0 Å². The summed E-state index contributed by atoms with van der Waals surface area (Å²) in [4.78, 5) is 24.2. The second-order valence-electron chi connectivity index (χ2n) is 5.26. The molecule has 1 aromatic carbocycles. The number of Topliss-reactive ketones (excluding diaryl/α,β-unsaturated/α-hetero) is 2. The van der Waals surface area contributed by atoms with E-state index >= 15 is 0 Å². The quantitative estimate of drug-likeness (QED) is 0.771. The number of aryl methyl sites for hydroxylation is 2. The minimum atomic E-state index is -1.30. The van der Waals surface area contributed by atoms with E-state index < -0.39 is 17.2 Å². The number of hydrogen-bond acceptors (Lipinski definition) is 3. The Balaban J connectivity index is 2.79. The number of carbonyl (C=O) groups excluding carboxylic acids is 2. The summed E-state index contributed by atoms with van der Waals surface area (Å²) in [6.07, 6.45) is 1.64. The second-order valence-corrected chi connectivity index (χ2v) is 5.26. The molecule has 0 unspecified atom stereocenters. The van der Waals surface area contributed by atoms with Crippen molar-refractivity contribution in [3.8, 4) is 0 Å². The molecule has 0 aliphatic heterocycles. The summed E-state index contributed by atoms with van der Waals surface area (Å²) >= 11 is 0. The first-order valence-corrected chi connectivity index (χ1v) is 5.87. The molecular weight excluding hydrogens is 228 g/mol. The normalized spacial score (nSPS) is 15.5. The molecule has 0 atom stereocenters. The number of aliphatic hydroxyl groups is 1. The van der Waals surface area contributed by atoms with Gasteiger partial charge in [0, 0.05) is 11.1 Å². The Labute approximate surface area is 106 Å². The Kier molecular flexibility index (Phi) is 2.74. The summed E-state index contributed by atoms with van der Waals surface area (Å²) in [5.41, 5.74) is 1.79. The number of hydrogen-bond donors (Lipinski definition) is 1. The molecule has 1 aliphatic rings. The molecule has 94 valence electrons. The van der Waals surface area contributed by atoms with Crippen LogP contribution in [0.15, 0.2) is 17.7 Å². The molecule has 1 N–H and O–H groups in total. The largest absolute Gasteiger partial charge is 0.386 e. The Morgan fingerprint density at radius 2 is 1.56 bits per heavy atom. The van der Waals surface area contributed by atoms with Gasteiger partial charge in [0.25, 0.3) is 0 Å². The molecule has 1 aromatic rings. The highest BCUT2D eigenvalue weighted by atomic mass is 16.3. The Bertz CT molecular complexity index is 586. The zero-order chi connectivity index (χ0) is 13.7. The number of rotatable bonds is 1. The molecule has 0 fully saturated rings. The fraction of sp³-hybridized carbons (Fsp3) is 0.333. The molecule has 0 amide bonds. The van der Waals surface area contributed by atoms with E-state index in [1.165, 1.54) is 13.8 Å². The molecular formula is C15H16O3. The van der Waals surface area contributed by atoms with Crippen molar-refractivity contribution in [2.24, 2.45) is 0 Å². The predicted molar refractivity (Wildman–Crippen MR) is 69.5 cm³/mol. The Morgan fingerprint density at radius 1 is 1.00 bits per heavy atom.